The number of carbonyl (C=O) groups is 2. The number of primary sulfonamides is 1. The topological polar surface area (TPSA) is 122 Å². The summed E-state index contributed by atoms with van der Waals surface area (Å²) in [5, 5.41) is 8.69. The van der Waals surface area contributed by atoms with Gasteiger partial charge in [-0.15, -0.1) is 11.3 Å². The van der Waals surface area contributed by atoms with Crippen LogP contribution in [0.1, 0.15) is 22.5 Å². The Bertz CT molecular complexity index is 1220. The van der Waals surface area contributed by atoms with Gasteiger partial charge in [-0.2, -0.15) is 0 Å². The van der Waals surface area contributed by atoms with Crippen LogP contribution in [0.25, 0.3) is 10.6 Å². The maximum atomic E-state index is 12.9. The molecule has 3 N–H and O–H groups in total. The Balaban J connectivity index is 1.32. The monoisotopic (exact) mass is 470 g/mol. The first-order valence-corrected chi connectivity index (χ1v) is 12.4. The van der Waals surface area contributed by atoms with Crippen molar-refractivity contribution in [2.24, 2.45) is 11.1 Å². The fourth-order valence-corrected chi connectivity index (χ4v) is 4.96. The molecule has 0 atom stereocenters. The van der Waals surface area contributed by atoms with Gasteiger partial charge in [0.15, 0.2) is 0 Å². The average Bonchev–Trinajstić information content (AvgIpc) is 3.29. The molecule has 4 rings (SSSR count). The van der Waals surface area contributed by atoms with Gasteiger partial charge in [0.2, 0.25) is 15.9 Å². The normalized spacial score (nSPS) is 14.8. The van der Waals surface area contributed by atoms with Gasteiger partial charge in [0, 0.05) is 30.3 Å². The van der Waals surface area contributed by atoms with E-state index in [1.807, 2.05) is 30.3 Å². The predicted molar refractivity (Wildman–Crippen MR) is 123 cm³/mol. The molecule has 0 unspecified atom stereocenters. The molecular formula is C22H22N4O4S2. The van der Waals surface area contributed by atoms with Crippen LogP contribution < -0.4 is 10.5 Å². The third-order valence-corrected chi connectivity index (χ3v) is 7.30. The molecule has 0 radical (unpaired) electrons. The minimum absolute atomic E-state index is 0.0131. The minimum atomic E-state index is -3.77. The fraction of sp³-hybridized carbons (Fsp3) is 0.227. The molecule has 1 aromatic heterocycles. The molecule has 8 nitrogen and oxygen atoms in total. The van der Waals surface area contributed by atoms with Crippen molar-refractivity contribution in [1.29, 1.82) is 0 Å². The van der Waals surface area contributed by atoms with Crippen molar-refractivity contribution < 1.29 is 18.0 Å². The van der Waals surface area contributed by atoms with E-state index in [0.717, 1.165) is 10.6 Å². The van der Waals surface area contributed by atoms with Gasteiger partial charge in [-0.05, 0) is 37.1 Å². The van der Waals surface area contributed by atoms with Gasteiger partial charge in [-0.25, -0.2) is 18.5 Å². The summed E-state index contributed by atoms with van der Waals surface area (Å²) in [6, 6.07) is 15.4. The summed E-state index contributed by atoms with van der Waals surface area (Å²) in [6.07, 6.45) is 2.72. The van der Waals surface area contributed by atoms with Gasteiger partial charge in [-0.1, -0.05) is 30.3 Å². The number of rotatable bonds is 5. The van der Waals surface area contributed by atoms with E-state index in [1.165, 1.54) is 35.6 Å². The number of anilines is 1. The van der Waals surface area contributed by atoms with Crippen LogP contribution in [0.3, 0.4) is 0 Å². The second-order valence-electron chi connectivity index (χ2n) is 7.52. The van der Waals surface area contributed by atoms with E-state index in [-0.39, 0.29) is 22.6 Å². The van der Waals surface area contributed by atoms with Crippen LogP contribution in [0, 0.1) is 5.92 Å². The predicted octanol–water partition coefficient (Wildman–Crippen LogP) is 2.95. The molecule has 0 aliphatic carbocycles. The van der Waals surface area contributed by atoms with Crippen LogP contribution >= 0.6 is 11.3 Å². The van der Waals surface area contributed by atoms with Crippen molar-refractivity contribution >= 4 is 38.9 Å². The van der Waals surface area contributed by atoms with Crippen molar-refractivity contribution in [2.45, 2.75) is 17.7 Å². The molecule has 32 heavy (non-hydrogen) atoms. The van der Waals surface area contributed by atoms with E-state index >= 15 is 0 Å². The van der Waals surface area contributed by atoms with E-state index in [9.17, 15) is 18.0 Å². The van der Waals surface area contributed by atoms with E-state index in [4.69, 9.17) is 5.14 Å². The molecule has 1 saturated heterocycles. The number of nitrogens with one attached hydrogen (secondary N) is 1. The maximum absolute atomic E-state index is 12.9. The summed E-state index contributed by atoms with van der Waals surface area (Å²) < 4.78 is 22.7. The highest BCUT2D eigenvalue weighted by atomic mass is 32.2. The van der Waals surface area contributed by atoms with E-state index in [2.05, 4.69) is 10.3 Å². The molecule has 2 aromatic carbocycles. The zero-order valence-corrected chi connectivity index (χ0v) is 18.7. The smallest absolute Gasteiger partial charge is 0.265 e. The molecule has 2 heterocycles. The number of aromatic nitrogens is 1. The third-order valence-electron chi connectivity index (χ3n) is 5.34. The number of benzene rings is 2. The molecule has 166 valence electrons. The Morgan fingerprint density at radius 1 is 1.03 bits per heavy atom. The standard InChI is InChI=1S/C22H22N4O4S2/c23-32(29,30)18-8-6-17(7-9-18)25-20(27)15-10-12-26(13-11-15)22(28)19-14-24-21(31-19)16-4-2-1-3-5-16/h1-9,14-15H,10-13H2,(H,25,27)(H2,23,29,30). The Labute approximate surface area is 190 Å². The Hall–Kier alpha value is -3.08. The van der Waals surface area contributed by atoms with Crippen LogP contribution in [0.5, 0.6) is 0 Å². The molecular weight excluding hydrogens is 448 g/mol. The second-order valence-corrected chi connectivity index (χ2v) is 10.1. The lowest BCUT2D eigenvalue weighted by Gasteiger charge is -2.31. The molecule has 0 bridgehead atoms. The van der Waals surface area contributed by atoms with Gasteiger partial charge in [0.05, 0.1) is 11.1 Å². The molecule has 3 aromatic rings. The van der Waals surface area contributed by atoms with Crippen molar-refractivity contribution in [3.8, 4) is 10.6 Å². The van der Waals surface area contributed by atoms with Gasteiger partial charge in [0.25, 0.3) is 5.91 Å². The lowest BCUT2D eigenvalue weighted by molar-refractivity contribution is -0.121. The van der Waals surface area contributed by atoms with Crippen molar-refractivity contribution in [1.82, 2.24) is 9.88 Å². The molecule has 1 fully saturated rings. The van der Waals surface area contributed by atoms with Gasteiger partial charge in [-0.3, -0.25) is 9.59 Å². The fourth-order valence-electron chi connectivity index (χ4n) is 3.56. The Morgan fingerprint density at radius 3 is 2.31 bits per heavy atom. The number of thiazole rings is 1. The van der Waals surface area contributed by atoms with E-state index in [0.29, 0.717) is 36.5 Å². The van der Waals surface area contributed by atoms with Crippen LogP contribution in [-0.2, 0) is 14.8 Å². The van der Waals surface area contributed by atoms with Crippen LogP contribution in [0.4, 0.5) is 5.69 Å². The van der Waals surface area contributed by atoms with E-state index in [1.54, 1.807) is 11.1 Å². The van der Waals surface area contributed by atoms with Gasteiger partial charge in [0.1, 0.15) is 9.88 Å². The summed E-state index contributed by atoms with van der Waals surface area (Å²) >= 11 is 1.37. The number of amides is 2. The number of sulfonamides is 1. The Morgan fingerprint density at radius 2 is 1.69 bits per heavy atom. The SMILES string of the molecule is NS(=O)(=O)c1ccc(NC(=O)C2CCN(C(=O)c3cnc(-c4ccccc4)s3)CC2)cc1. The number of likely N-dealkylation sites (tertiary alicyclic amines) is 1. The lowest BCUT2D eigenvalue weighted by atomic mass is 9.95. The summed E-state index contributed by atoms with van der Waals surface area (Å²) in [6.45, 7) is 0.972. The quantitative estimate of drug-likeness (QED) is 0.594. The zero-order valence-electron chi connectivity index (χ0n) is 17.1. The van der Waals surface area contributed by atoms with Gasteiger partial charge >= 0.3 is 0 Å². The van der Waals surface area contributed by atoms with Crippen molar-refractivity contribution in [3.63, 3.8) is 0 Å². The number of nitrogens with zero attached hydrogens (tertiary/aromatic N) is 2. The van der Waals surface area contributed by atoms with Crippen molar-refractivity contribution in [2.75, 3.05) is 18.4 Å². The maximum Gasteiger partial charge on any atom is 0.265 e. The highest BCUT2D eigenvalue weighted by Gasteiger charge is 2.28. The number of nitrogens with two attached hydrogens (primary N) is 1. The van der Waals surface area contributed by atoms with Crippen molar-refractivity contribution in [3.05, 3.63) is 65.7 Å². The van der Waals surface area contributed by atoms with E-state index < -0.39 is 10.0 Å². The minimum Gasteiger partial charge on any atom is -0.338 e. The molecule has 1 aliphatic heterocycles. The van der Waals surface area contributed by atoms with Crippen LogP contribution in [-0.4, -0.2) is 43.2 Å². The largest absolute Gasteiger partial charge is 0.338 e. The first-order chi connectivity index (χ1) is 15.3. The summed E-state index contributed by atoms with van der Waals surface area (Å²) in [7, 11) is -3.77. The number of carbonyl (C=O) groups excluding carboxylic acids is 2. The van der Waals surface area contributed by atoms with Gasteiger partial charge < -0.3 is 10.2 Å². The first kappa shape index (κ1) is 22.1. The summed E-state index contributed by atoms with van der Waals surface area (Å²) in [5.41, 5.74) is 1.48. The molecule has 10 heteroatoms. The first-order valence-electron chi connectivity index (χ1n) is 10.1. The number of hydrogen-bond acceptors (Lipinski definition) is 6. The average molecular weight is 471 g/mol. The summed E-state index contributed by atoms with van der Waals surface area (Å²) in [5.74, 6) is -0.440. The highest BCUT2D eigenvalue weighted by molar-refractivity contribution is 7.89. The Kier molecular flexibility index (Phi) is 6.35. The van der Waals surface area contributed by atoms with Crippen LogP contribution in [0.2, 0.25) is 0 Å². The number of hydrogen-bond donors (Lipinski definition) is 2. The lowest BCUT2D eigenvalue weighted by Crippen LogP contribution is -2.41. The second kappa shape index (κ2) is 9.19. The molecule has 0 spiro atoms. The number of piperidine rings is 1. The molecule has 2 amide bonds. The third kappa shape index (κ3) is 5.04. The zero-order chi connectivity index (χ0) is 22.7. The summed E-state index contributed by atoms with van der Waals surface area (Å²) in [4.78, 5) is 32.2. The highest BCUT2D eigenvalue weighted by Crippen LogP contribution is 2.27. The van der Waals surface area contributed by atoms with Crippen LogP contribution in [0.15, 0.2) is 65.7 Å². The molecule has 0 saturated carbocycles. The molecule has 1 aliphatic rings.